The van der Waals surface area contributed by atoms with Gasteiger partial charge in [0, 0.05) is 31.3 Å². The number of methoxy groups -OCH3 is 1. The van der Waals surface area contributed by atoms with Crippen molar-refractivity contribution in [1.82, 2.24) is 9.55 Å². The highest BCUT2D eigenvalue weighted by Gasteiger charge is 2.16. The topological polar surface area (TPSA) is 56.1 Å². The lowest BCUT2D eigenvalue weighted by Crippen LogP contribution is -2.09. The number of hydrogen-bond acceptors (Lipinski definition) is 3. The zero-order chi connectivity index (χ0) is 17.8. The predicted molar refractivity (Wildman–Crippen MR) is 98.4 cm³/mol. The molecule has 0 aliphatic heterocycles. The fourth-order valence-corrected chi connectivity index (χ4v) is 2.87. The lowest BCUT2D eigenvalue weighted by atomic mass is 10.0. The Morgan fingerprint density at radius 1 is 1.20 bits per heavy atom. The van der Waals surface area contributed by atoms with Gasteiger partial charge in [0.15, 0.2) is 0 Å². The molecule has 1 N–H and O–H groups in total. The third kappa shape index (κ3) is 3.55. The molecule has 128 valence electrons. The number of nitrogens with one attached hydrogen (secondary N) is 1. The molecule has 3 rings (SSSR count). The molecule has 0 aliphatic carbocycles. The van der Waals surface area contributed by atoms with Gasteiger partial charge < -0.3 is 14.6 Å². The van der Waals surface area contributed by atoms with Gasteiger partial charge in [-0.2, -0.15) is 0 Å². The maximum Gasteiger partial charge on any atom is 0.221 e. The number of carbonyl (C=O) groups excluding carboxylic acids is 1. The van der Waals surface area contributed by atoms with Gasteiger partial charge in [-0.25, -0.2) is 4.98 Å². The van der Waals surface area contributed by atoms with Gasteiger partial charge in [-0.1, -0.05) is 37.3 Å². The van der Waals surface area contributed by atoms with Crippen molar-refractivity contribution in [2.45, 2.75) is 19.8 Å². The van der Waals surface area contributed by atoms with Crippen LogP contribution in [0.15, 0.2) is 60.9 Å². The lowest BCUT2D eigenvalue weighted by molar-refractivity contribution is -0.114. The SMILES string of the molecule is COc1cc(-n2ccnc2[C@H](C)c2ccccc2)ccc1NC(C)=O. The Morgan fingerprint density at radius 2 is 1.96 bits per heavy atom. The summed E-state index contributed by atoms with van der Waals surface area (Å²) >= 11 is 0. The summed E-state index contributed by atoms with van der Waals surface area (Å²) in [5.74, 6) is 1.57. The number of imidazole rings is 1. The smallest absolute Gasteiger partial charge is 0.221 e. The molecule has 0 unspecified atom stereocenters. The van der Waals surface area contributed by atoms with E-state index in [0.29, 0.717) is 11.4 Å². The summed E-state index contributed by atoms with van der Waals surface area (Å²) in [6, 6.07) is 16.0. The molecule has 25 heavy (non-hydrogen) atoms. The van der Waals surface area contributed by atoms with E-state index < -0.39 is 0 Å². The van der Waals surface area contributed by atoms with E-state index in [4.69, 9.17) is 4.74 Å². The van der Waals surface area contributed by atoms with Crippen molar-refractivity contribution in [3.05, 3.63) is 72.3 Å². The molecule has 0 saturated carbocycles. The summed E-state index contributed by atoms with van der Waals surface area (Å²) in [5, 5.41) is 2.77. The molecule has 3 aromatic rings. The van der Waals surface area contributed by atoms with Crippen molar-refractivity contribution in [3.8, 4) is 11.4 Å². The molecular weight excluding hydrogens is 314 g/mol. The number of carbonyl (C=O) groups is 1. The monoisotopic (exact) mass is 335 g/mol. The molecule has 1 heterocycles. The number of amides is 1. The van der Waals surface area contributed by atoms with Crippen molar-refractivity contribution in [1.29, 1.82) is 0 Å². The molecule has 2 aromatic carbocycles. The van der Waals surface area contributed by atoms with Crippen molar-refractivity contribution < 1.29 is 9.53 Å². The van der Waals surface area contributed by atoms with E-state index in [1.807, 2.05) is 47.2 Å². The van der Waals surface area contributed by atoms with Crippen molar-refractivity contribution >= 4 is 11.6 Å². The first kappa shape index (κ1) is 16.8. The average molecular weight is 335 g/mol. The van der Waals surface area contributed by atoms with Crippen LogP contribution in [-0.4, -0.2) is 22.6 Å². The van der Waals surface area contributed by atoms with E-state index >= 15 is 0 Å². The van der Waals surface area contributed by atoms with Gasteiger partial charge >= 0.3 is 0 Å². The Hall–Kier alpha value is -3.08. The largest absolute Gasteiger partial charge is 0.494 e. The molecule has 0 bridgehead atoms. The van der Waals surface area contributed by atoms with E-state index in [0.717, 1.165) is 11.5 Å². The fourth-order valence-electron chi connectivity index (χ4n) is 2.87. The van der Waals surface area contributed by atoms with Crippen molar-refractivity contribution in [2.75, 3.05) is 12.4 Å². The summed E-state index contributed by atoms with van der Waals surface area (Å²) in [7, 11) is 1.59. The molecule has 1 atom stereocenters. The average Bonchev–Trinajstić information content (AvgIpc) is 3.11. The minimum Gasteiger partial charge on any atom is -0.494 e. The lowest BCUT2D eigenvalue weighted by Gasteiger charge is -2.16. The molecule has 1 aromatic heterocycles. The number of hydrogen-bond donors (Lipinski definition) is 1. The highest BCUT2D eigenvalue weighted by Crippen LogP contribution is 2.30. The summed E-state index contributed by atoms with van der Waals surface area (Å²) in [6.07, 6.45) is 3.73. The quantitative estimate of drug-likeness (QED) is 0.767. The Morgan fingerprint density at radius 3 is 2.64 bits per heavy atom. The van der Waals surface area contributed by atoms with E-state index in [-0.39, 0.29) is 11.8 Å². The normalized spacial score (nSPS) is 11.8. The molecule has 0 radical (unpaired) electrons. The van der Waals surface area contributed by atoms with Gasteiger partial charge in [0.1, 0.15) is 11.6 Å². The number of ether oxygens (including phenoxy) is 1. The van der Waals surface area contributed by atoms with Gasteiger partial charge in [-0.3, -0.25) is 4.79 Å². The van der Waals surface area contributed by atoms with Crippen LogP contribution in [0.2, 0.25) is 0 Å². The van der Waals surface area contributed by atoms with Crippen LogP contribution in [0.25, 0.3) is 5.69 Å². The van der Waals surface area contributed by atoms with E-state index in [9.17, 15) is 4.79 Å². The van der Waals surface area contributed by atoms with Gasteiger partial charge in [0.25, 0.3) is 0 Å². The minimum absolute atomic E-state index is 0.132. The Balaban J connectivity index is 1.98. The van der Waals surface area contributed by atoms with Gasteiger partial charge in [-0.05, 0) is 17.7 Å². The van der Waals surface area contributed by atoms with Crippen LogP contribution in [0.4, 0.5) is 5.69 Å². The number of aromatic nitrogens is 2. The van der Waals surface area contributed by atoms with Crippen molar-refractivity contribution in [2.24, 2.45) is 0 Å². The second-order valence-corrected chi connectivity index (χ2v) is 5.85. The third-order valence-corrected chi connectivity index (χ3v) is 4.13. The second-order valence-electron chi connectivity index (χ2n) is 5.85. The first-order chi connectivity index (χ1) is 12.1. The highest BCUT2D eigenvalue weighted by molar-refractivity contribution is 5.90. The molecule has 5 heteroatoms. The second kappa shape index (κ2) is 7.21. The van der Waals surface area contributed by atoms with Gasteiger partial charge in [0.2, 0.25) is 5.91 Å². The Labute approximate surface area is 147 Å². The summed E-state index contributed by atoms with van der Waals surface area (Å²) in [6.45, 7) is 3.61. The summed E-state index contributed by atoms with van der Waals surface area (Å²) < 4.78 is 7.46. The maximum atomic E-state index is 11.3. The van der Waals surface area contributed by atoms with Crippen LogP contribution < -0.4 is 10.1 Å². The molecule has 5 nitrogen and oxygen atoms in total. The van der Waals surface area contributed by atoms with Gasteiger partial charge in [-0.15, -0.1) is 0 Å². The van der Waals surface area contributed by atoms with Crippen LogP contribution in [0.5, 0.6) is 5.75 Å². The number of benzene rings is 2. The van der Waals surface area contributed by atoms with Crippen molar-refractivity contribution in [3.63, 3.8) is 0 Å². The van der Waals surface area contributed by atoms with E-state index in [2.05, 4.69) is 29.4 Å². The standard InChI is InChI=1S/C20H21N3O2/c1-14(16-7-5-4-6-8-16)20-21-11-12-23(20)17-9-10-18(22-15(2)24)19(13-17)25-3/h4-14H,1-3H3,(H,22,24)/t14-/m1/s1. The number of rotatable bonds is 5. The number of anilines is 1. The summed E-state index contributed by atoms with van der Waals surface area (Å²) in [4.78, 5) is 15.9. The van der Waals surface area contributed by atoms with E-state index in [1.165, 1.54) is 12.5 Å². The zero-order valence-electron chi connectivity index (χ0n) is 14.6. The molecule has 0 saturated heterocycles. The van der Waals surface area contributed by atoms with E-state index in [1.54, 1.807) is 13.3 Å². The van der Waals surface area contributed by atoms with Crippen LogP contribution in [0.3, 0.4) is 0 Å². The molecular formula is C20H21N3O2. The van der Waals surface area contributed by atoms with Gasteiger partial charge in [0.05, 0.1) is 18.5 Å². The maximum absolute atomic E-state index is 11.3. The van der Waals surface area contributed by atoms with Crippen LogP contribution in [0.1, 0.15) is 31.2 Å². The van der Waals surface area contributed by atoms with Crippen LogP contribution in [0, 0.1) is 0 Å². The molecule has 1 amide bonds. The minimum atomic E-state index is -0.132. The highest BCUT2D eigenvalue weighted by atomic mass is 16.5. The molecule has 0 aliphatic rings. The Kier molecular flexibility index (Phi) is 4.84. The van der Waals surface area contributed by atoms with Crippen LogP contribution >= 0.6 is 0 Å². The first-order valence-electron chi connectivity index (χ1n) is 8.14. The Bertz CT molecular complexity index is 872. The first-order valence-corrected chi connectivity index (χ1v) is 8.14. The van der Waals surface area contributed by atoms with Crippen LogP contribution in [-0.2, 0) is 4.79 Å². The predicted octanol–water partition coefficient (Wildman–Crippen LogP) is 3.99. The third-order valence-electron chi connectivity index (χ3n) is 4.13. The molecule has 0 spiro atoms. The summed E-state index contributed by atoms with van der Waals surface area (Å²) in [5.41, 5.74) is 2.79. The number of nitrogens with zero attached hydrogens (tertiary/aromatic N) is 2. The zero-order valence-corrected chi connectivity index (χ0v) is 14.6. The fraction of sp³-hybridized carbons (Fsp3) is 0.200. The molecule has 0 fully saturated rings.